The van der Waals surface area contributed by atoms with Crippen molar-refractivity contribution in [1.82, 2.24) is 8.75 Å². The van der Waals surface area contributed by atoms with E-state index in [0.717, 1.165) is 52.0 Å². The van der Waals surface area contributed by atoms with Gasteiger partial charge in [-0.1, -0.05) is 50.4 Å². The highest BCUT2D eigenvalue weighted by molar-refractivity contribution is 7.00. The lowest BCUT2D eigenvalue weighted by Crippen LogP contribution is -2.14. The average molecular weight is 429 g/mol. The number of aromatic nitrogens is 2. The van der Waals surface area contributed by atoms with Gasteiger partial charge in [0.2, 0.25) is 0 Å². The number of aryl methyl sites for hydroxylation is 1. The Morgan fingerprint density at radius 3 is 2.66 bits per heavy atom. The van der Waals surface area contributed by atoms with Crippen molar-refractivity contribution in [2.24, 2.45) is 11.8 Å². The first-order chi connectivity index (χ1) is 13.9. The van der Waals surface area contributed by atoms with Gasteiger partial charge in [0.25, 0.3) is 0 Å². The van der Waals surface area contributed by atoms with Crippen LogP contribution >= 0.6 is 23.3 Å². The number of hydrogen-bond acceptors (Lipinski definition) is 4. The largest absolute Gasteiger partial charge is 0.481 e. The van der Waals surface area contributed by atoms with E-state index in [1.54, 1.807) is 0 Å². The number of aliphatic carboxylic acids is 1. The Morgan fingerprint density at radius 2 is 1.97 bits per heavy atom. The molecular weight excluding hydrogens is 404 g/mol. The fourth-order valence-corrected chi connectivity index (χ4v) is 4.84. The monoisotopic (exact) mass is 428 g/mol. The van der Waals surface area contributed by atoms with E-state index in [4.69, 9.17) is 11.6 Å². The fraction of sp³-hybridized carbons (Fsp3) is 0.435. The van der Waals surface area contributed by atoms with Crippen molar-refractivity contribution >= 4 is 40.3 Å². The first-order valence-corrected chi connectivity index (χ1v) is 11.3. The van der Waals surface area contributed by atoms with Crippen LogP contribution < -0.4 is 0 Å². The standard InChI is InChI=1S/C23H25ClN2O2S/c1-13(2)9-18(23(27)28)17-10-15(6-5-14-3-4-14)22(19(24)11-17)16-7-8-20-21(12-16)26-29-25-20/h7-8,10-14,18H,3-6,9H2,1-2H3,(H,27,28). The SMILES string of the molecule is CC(C)CC(C(=O)O)c1cc(Cl)c(-c2ccc3nsnc3c2)c(CCC2CC2)c1. The third-order valence-electron chi connectivity index (χ3n) is 5.66. The molecule has 1 unspecified atom stereocenters. The van der Waals surface area contributed by atoms with Crippen LogP contribution in [0.2, 0.25) is 5.02 Å². The fourth-order valence-electron chi connectivity index (χ4n) is 3.96. The summed E-state index contributed by atoms with van der Waals surface area (Å²) in [4.78, 5) is 11.9. The number of halogens is 1. The summed E-state index contributed by atoms with van der Waals surface area (Å²) in [5, 5.41) is 10.4. The van der Waals surface area contributed by atoms with Gasteiger partial charge in [0.1, 0.15) is 11.0 Å². The molecule has 4 rings (SSSR count). The maximum absolute atomic E-state index is 11.9. The summed E-state index contributed by atoms with van der Waals surface area (Å²) in [7, 11) is 0. The highest BCUT2D eigenvalue weighted by Crippen LogP contribution is 2.40. The van der Waals surface area contributed by atoms with Gasteiger partial charge in [-0.3, -0.25) is 4.79 Å². The lowest BCUT2D eigenvalue weighted by Gasteiger charge is -2.20. The summed E-state index contributed by atoms with van der Waals surface area (Å²) in [5.74, 6) is -0.234. The van der Waals surface area contributed by atoms with Crippen molar-refractivity contribution in [2.75, 3.05) is 0 Å². The Balaban J connectivity index is 1.79. The van der Waals surface area contributed by atoms with Crippen LogP contribution in [0.25, 0.3) is 22.2 Å². The molecule has 2 aromatic carbocycles. The molecule has 6 heteroatoms. The molecule has 1 heterocycles. The third kappa shape index (κ3) is 4.62. The summed E-state index contributed by atoms with van der Waals surface area (Å²) in [6.07, 6.45) is 5.22. The average Bonchev–Trinajstić information content (AvgIpc) is 3.38. The van der Waals surface area contributed by atoms with Gasteiger partial charge in [0, 0.05) is 10.6 Å². The molecule has 29 heavy (non-hydrogen) atoms. The van der Waals surface area contributed by atoms with Crippen molar-refractivity contribution in [3.63, 3.8) is 0 Å². The normalized spacial score (nSPS) is 15.2. The molecule has 152 valence electrons. The van der Waals surface area contributed by atoms with E-state index in [1.165, 1.54) is 24.6 Å². The van der Waals surface area contributed by atoms with Gasteiger partial charge in [-0.05, 0) is 66.0 Å². The molecule has 1 N–H and O–H groups in total. The second-order valence-electron chi connectivity index (χ2n) is 8.51. The zero-order chi connectivity index (χ0) is 20.5. The van der Waals surface area contributed by atoms with Crippen molar-refractivity contribution in [1.29, 1.82) is 0 Å². The zero-order valence-electron chi connectivity index (χ0n) is 16.7. The van der Waals surface area contributed by atoms with E-state index in [1.807, 2.05) is 24.3 Å². The van der Waals surface area contributed by atoms with Crippen LogP contribution in [0, 0.1) is 11.8 Å². The summed E-state index contributed by atoms with van der Waals surface area (Å²) in [6, 6.07) is 9.97. The van der Waals surface area contributed by atoms with E-state index in [0.29, 0.717) is 17.4 Å². The van der Waals surface area contributed by atoms with Gasteiger partial charge in [-0.2, -0.15) is 8.75 Å². The summed E-state index contributed by atoms with van der Waals surface area (Å²) < 4.78 is 8.64. The number of rotatable bonds is 8. The van der Waals surface area contributed by atoms with Crippen LogP contribution in [0.1, 0.15) is 56.6 Å². The molecular formula is C23H25ClN2O2S. The van der Waals surface area contributed by atoms with Gasteiger partial charge in [0.15, 0.2) is 0 Å². The molecule has 0 radical (unpaired) electrons. The van der Waals surface area contributed by atoms with Crippen LogP contribution in [-0.4, -0.2) is 19.8 Å². The maximum Gasteiger partial charge on any atom is 0.310 e. The number of fused-ring (bicyclic) bond motifs is 1. The van der Waals surface area contributed by atoms with E-state index in [2.05, 4.69) is 28.7 Å². The van der Waals surface area contributed by atoms with Crippen molar-refractivity contribution in [3.8, 4) is 11.1 Å². The lowest BCUT2D eigenvalue weighted by molar-refractivity contribution is -0.139. The Hall–Kier alpha value is -1.98. The highest BCUT2D eigenvalue weighted by atomic mass is 35.5. The molecule has 1 atom stereocenters. The quantitative estimate of drug-likeness (QED) is 0.440. The van der Waals surface area contributed by atoms with Crippen LogP contribution in [0.5, 0.6) is 0 Å². The van der Waals surface area contributed by atoms with Gasteiger partial charge in [-0.15, -0.1) is 0 Å². The van der Waals surface area contributed by atoms with E-state index < -0.39 is 11.9 Å². The van der Waals surface area contributed by atoms with Gasteiger partial charge < -0.3 is 5.11 Å². The number of carboxylic acids is 1. The zero-order valence-corrected chi connectivity index (χ0v) is 18.3. The number of benzene rings is 2. The molecule has 1 aliphatic carbocycles. The minimum atomic E-state index is -0.786. The number of carbonyl (C=O) groups is 1. The van der Waals surface area contributed by atoms with Crippen LogP contribution in [0.3, 0.4) is 0 Å². The minimum Gasteiger partial charge on any atom is -0.481 e. The number of hydrogen-bond donors (Lipinski definition) is 1. The molecule has 4 nitrogen and oxygen atoms in total. The molecule has 1 aromatic heterocycles. The molecule has 0 saturated heterocycles. The first-order valence-electron chi connectivity index (χ1n) is 10.2. The lowest BCUT2D eigenvalue weighted by atomic mass is 9.86. The second kappa shape index (κ2) is 8.41. The van der Waals surface area contributed by atoms with Crippen LogP contribution in [0.4, 0.5) is 0 Å². The molecule has 0 aliphatic heterocycles. The van der Waals surface area contributed by atoms with E-state index >= 15 is 0 Å². The molecule has 1 aliphatic rings. The van der Waals surface area contributed by atoms with Crippen molar-refractivity contribution in [2.45, 2.75) is 51.9 Å². The predicted octanol–water partition coefficient (Wildman–Crippen LogP) is 6.57. The Bertz CT molecular complexity index is 1040. The van der Waals surface area contributed by atoms with E-state index in [-0.39, 0.29) is 0 Å². The Kier molecular flexibility index (Phi) is 5.88. The summed E-state index contributed by atoms with van der Waals surface area (Å²) in [6.45, 7) is 4.11. The molecule has 1 saturated carbocycles. The highest BCUT2D eigenvalue weighted by Gasteiger charge is 2.26. The molecule has 1 fully saturated rings. The van der Waals surface area contributed by atoms with Gasteiger partial charge >= 0.3 is 5.97 Å². The Morgan fingerprint density at radius 1 is 1.21 bits per heavy atom. The van der Waals surface area contributed by atoms with Gasteiger partial charge in [0.05, 0.1) is 17.6 Å². The van der Waals surface area contributed by atoms with Crippen LogP contribution in [-0.2, 0) is 11.2 Å². The Labute approximate surface area is 180 Å². The van der Waals surface area contributed by atoms with Crippen molar-refractivity contribution < 1.29 is 9.90 Å². The van der Waals surface area contributed by atoms with Crippen molar-refractivity contribution in [3.05, 3.63) is 46.5 Å². The number of nitrogens with zero attached hydrogens (tertiary/aromatic N) is 2. The summed E-state index contributed by atoms with van der Waals surface area (Å²) >= 11 is 7.99. The second-order valence-corrected chi connectivity index (χ2v) is 9.44. The molecule has 0 amide bonds. The van der Waals surface area contributed by atoms with E-state index in [9.17, 15) is 9.90 Å². The molecule has 0 bridgehead atoms. The maximum atomic E-state index is 11.9. The van der Waals surface area contributed by atoms with Gasteiger partial charge in [-0.25, -0.2) is 0 Å². The number of carboxylic acid groups (broad SMARTS) is 1. The third-order valence-corrected chi connectivity index (χ3v) is 6.52. The van der Waals surface area contributed by atoms with Crippen LogP contribution in [0.15, 0.2) is 30.3 Å². The molecule has 3 aromatic rings. The smallest absolute Gasteiger partial charge is 0.310 e. The topological polar surface area (TPSA) is 63.1 Å². The summed E-state index contributed by atoms with van der Waals surface area (Å²) in [5.41, 5.74) is 5.71. The molecule has 0 spiro atoms. The first kappa shape index (κ1) is 20.3. The minimum absolute atomic E-state index is 0.295. The predicted molar refractivity (Wildman–Crippen MR) is 119 cm³/mol.